The predicted molar refractivity (Wildman–Crippen MR) is 149 cm³/mol. The van der Waals surface area contributed by atoms with Gasteiger partial charge < -0.3 is 19.1 Å². The zero-order valence-electron chi connectivity index (χ0n) is 23.6. The minimum absolute atomic E-state index is 0.128. The summed E-state index contributed by atoms with van der Waals surface area (Å²) < 4.78 is 12.7. The van der Waals surface area contributed by atoms with E-state index in [2.05, 4.69) is 96.1 Å². The van der Waals surface area contributed by atoms with E-state index in [1.165, 1.54) is 24.0 Å². The number of quaternary nitrogens is 1. The van der Waals surface area contributed by atoms with Gasteiger partial charge in [-0.3, -0.25) is 0 Å². The first-order chi connectivity index (χ1) is 17.0. The molecule has 1 fully saturated rings. The van der Waals surface area contributed by atoms with Crippen LogP contribution in [0.4, 0.5) is 0 Å². The van der Waals surface area contributed by atoms with E-state index in [1.807, 2.05) is 0 Å². The van der Waals surface area contributed by atoms with Gasteiger partial charge in [0, 0.05) is 5.56 Å². The van der Waals surface area contributed by atoms with Crippen molar-refractivity contribution in [2.75, 3.05) is 39.5 Å². The summed E-state index contributed by atoms with van der Waals surface area (Å²) in [7, 11) is 0. The van der Waals surface area contributed by atoms with E-state index in [0.717, 1.165) is 48.8 Å². The van der Waals surface area contributed by atoms with Crippen molar-refractivity contribution in [2.45, 2.75) is 78.9 Å². The van der Waals surface area contributed by atoms with Gasteiger partial charge in [-0.25, -0.2) is 0 Å². The molecule has 1 aliphatic heterocycles. The molecule has 3 rings (SSSR count). The minimum atomic E-state index is -0.466. The maximum Gasteiger partial charge on any atom is 0.126 e. The van der Waals surface area contributed by atoms with Gasteiger partial charge in [-0.05, 0) is 53.7 Å². The van der Waals surface area contributed by atoms with Crippen molar-refractivity contribution in [2.24, 2.45) is 11.3 Å². The standard InChI is InChI=1S/C32H50NO3/c1-26-16-18-33(19-17-26,22-27-10-8-7-9-11-27)23-29(34)24-35-20-21-36-30-14-12-28(13-15-30)32(5,6)25-31(2,3)4/h7-15,26,29,34H,16-25H2,1-6H3/q+1. The quantitative estimate of drug-likeness (QED) is 0.266. The Labute approximate surface area is 220 Å². The molecule has 1 N–H and O–H groups in total. The van der Waals surface area contributed by atoms with Gasteiger partial charge in [0.25, 0.3) is 0 Å². The third kappa shape index (κ3) is 9.21. The minimum Gasteiger partial charge on any atom is -0.491 e. The third-order valence-electron chi connectivity index (χ3n) is 7.57. The second-order valence-corrected chi connectivity index (χ2v) is 13.0. The molecule has 0 amide bonds. The molecular weight excluding hydrogens is 446 g/mol. The van der Waals surface area contributed by atoms with Gasteiger partial charge in [0.2, 0.25) is 0 Å². The molecule has 2 aromatic carbocycles. The highest BCUT2D eigenvalue weighted by Crippen LogP contribution is 2.36. The van der Waals surface area contributed by atoms with E-state index in [1.54, 1.807) is 0 Å². The largest absolute Gasteiger partial charge is 0.491 e. The Morgan fingerprint density at radius 2 is 1.56 bits per heavy atom. The molecule has 0 aliphatic carbocycles. The van der Waals surface area contributed by atoms with Gasteiger partial charge in [-0.2, -0.15) is 0 Å². The van der Waals surface area contributed by atoms with Crippen LogP contribution < -0.4 is 4.74 Å². The van der Waals surface area contributed by atoms with Gasteiger partial charge in [0.15, 0.2) is 0 Å². The zero-order chi connectivity index (χ0) is 26.2. The van der Waals surface area contributed by atoms with Crippen molar-refractivity contribution < 1.29 is 19.1 Å². The topological polar surface area (TPSA) is 38.7 Å². The molecule has 36 heavy (non-hydrogen) atoms. The first kappa shape index (κ1) is 28.7. The highest BCUT2D eigenvalue weighted by atomic mass is 16.5. The monoisotopic (exact) mass is 496 g/mol. The van der Waals surface area contributed by atoms with E-state index in [9.17, 15) is 5.11 Å². The normalized spacial score (nSPS) is 21.8. The Morgan fingerprint density at radius 1 is 0.917 bits per heavy atom. The molecule has 1 aliphatic rings. The number of aliphatic hydroxyl groups is 1. The summed E-state index contributed by atoms with van der Waals surface area (Å²) in [5.41, 5.74) is 3.10. The maximum absolute atomic E-state index is 10.8. The smallest absolute Gasteiger partial charge is 0.126 e. The molecule has 4 heteroatoms. The first-order valence-corrected chi connectivity index (χ1v) is 13.8. The Kier molecular flexibility index (Phi) is 10.0. The molecular formula is C32H50NO3+. The lowest BCUT2D eigenvalue weighted by Crippen LogP contribution is -2.56. The van der Waals surface area contributed by atoms with Crippen molar-refractivity contribution >= 4 is 0 Å². The zero-order valence-corrected chi connectivity index (χ0v) is 23.6. The molecule has 0 bridgehead atoms. The van der Waals surface area contributed by atoms with Crippen LogP contribution in [0.25, 0.3) is 0 Å². The Balaban J connectivity index is 1.42. The maximum atomic E-state index is 10.8. The number of benzene rings is 2. The predicted octanol–water partition coefficient (Wildman–Crippen LogP) is 6.60. The SMILES string of the molecule is CC1CC[N+](Cc2ccccc2)(CC(O)COCCOc2ccc(C(C)(C)CC(C)(C)C)cc2)CC1. The summed E-state index contributed by atoms with van der Waals surface area (Å²) in [5, 5.41) is 10.8. The number of aliphatic hydroxyl groups excluding tert-OH is 1. The van der Waals surface area contributed by atoms with Gasteiger partial charge in [0.1, 0.15) is 31.5 Å². The molecule has 200 valence electrons. The molecule has 1 unspecified atom stereocenters. The number of ether oxygens (including phenoxy) is 2. The highest BCUT2D eigenvalue weighted by molar-refractivity contribution is 5.31. The lowest BCUT2D eigenvalue weighted by atomic mass is 9.72. The summed E-state index contributed by atoms with van der Waals surface area (Å²) in [6.07, 6.45) is 3.10. The van der Waals surface area contributed by atoms with Crippen LogP contribution in [0.2, 0.25) is 0 Å². The molecule has 0 spiro atoms. The molecule has 1 saturated heterocycles. The van der Waals surface area contributed by atoms with Crippen LogP contribution in [-0.2, 0) is 16.7 Å². The van der Waals surface area contributed by atoms with E-state index in [4.69, 9.17) is 9.47 Å². The number of piperidine rings is 1. The molecule has 0 aromatic heterocycles. The molecule has 1 heterocycles. The fourth-order valence-corrected chi connectivity index (χ4v) is 5.99. The van der Waals surface area contributed by atoms with Crippen molar-refractivity contribution in [3.05, 3.63) is 65.7 Å². The van der Waals surface area contributed by atoms with Crippen LogP contribution in [-0.4, -0.2) is 55.1 Å². The summed E-state index contributed by atoms with van der Waals surface area (Å²) in [6, 6.07) is 19.2. The second kappa shape index (κ2) is 12.6. The first-order valence-electron chi connectivity index (χ1n) is 13.8. The lowest BCUT2D eigenvalue weighted by Gasteiger charge is -2.44. The van der Waals surface area contributed by atoms with Crippen LogP contribution in [0.5, 0.6) is 5.75 Å². The average molecular weight is 497 g/mol. The lowest BCUT2D eigenvalue weighted by molar-refractivity contribution is -0.948. The molecule has 4 nitrogen and oxygen atoms in total. The number of likely N-dealkylation sites (tertiary alicyclic amines) is 1. The van der Waals surface area contributed by atoms with Gasteiger partial charge >= 0.3 is 0 Å². The third-order valence-corrected chi connectivity index (χ3v) is 7.57. The fraction of sp³-hybridized carbons (Fsp3) is 0.625. The fourth-order valence-electron chi connectivity index (χ4n) is 5.99. The van der Waals surface area contributed by atoms with Crippen molar-refractivity contribution in [3.8, 4) is 5.75 Å². The summed E-state index contributed by atoms with van der Waals surface area (Å²) in [6.45, 7) is 19.1. The summed E-state index contributed by atoms with van der Waals surface area (Å²) >= 11 is 0. The van der Waals surface area contributed by atoms with Crippen LogP contribution in [0.1, 0.15) is 71.9 Å². The molecule has 1 atom stereocenters. The van der Waals surface area contributed by atoms with Crippen LogP contribution >= 0.6 is 0 Å². The van der Waals surface area contributed by atoms with Crippen molar-refractivity contribution in [1.82, 2.24) is 0 Å². The van der Waals surface area contributed by atoms with Crippen LogP contribution in [0.15, 0.2) is 54.6 Å². The molecule has 0 radical (unpaired) electrons. The van der Waals surface area contributed by atoms with Gasteiger partial charge in [0.05, 0.1) is 26.3 Å². The Bertz CT molecular complexity index is 893. The Morgan fingerprint density at radius 3 is 2.17 bits per heavy atom. The van der Waals surface area contributed by atoms with Crippen molar-refractivity contribution in [1.29, 1.82) is 0 Å². The number of hydrogen-bond donors (Lipinski definition) is 1. The van der Waals surface area contributed by atoms with Crippen LogP contribution in [0.3, 0.4) is 0 Å². The van der Waals surface area contributed by atoms with E-state index >= 15 is 0 Å². The van der Waals surface area contributed by atoms with Crippen molar-refractivity contribution in [3.63, 3.8) is 0 Å². The van der Waals surface area contributed by atoms with Crippen LogP contribution in [0, 0.1) is 11.3 Å². The number of nitrogens with zero attached hydrogens (tertiary/aromatic N) is 1. The molecule has 2 aromatic rings. The van der Waals surface area contributed by atoms with Gasteiger partial charge in [-0.15, -0.1) is 0 Å². The number of hydrogen-bond acceptors (Lipinski definition) is 3. The Hall–Kier alpha value is -1.88. The molecule has 0 saturated carbocycles. The number of rotatable bonds is 12. The summed E-state index contributed by atoms with van der Waals surface area (Å²) in [4.78, 5) is 0. The van der Waals surface area contributed by atoms with Gasteiger partial charge in [-0.1, -0.05) is 84.0 Å². The average Bonchev–Trinajstić information content (AvgIpc) is 2.80. The van der Waals surface area contributed by atoms with E-state index in [-0.39, 0.29) is 10.8 Å². The summed E-state index contributed by atoms with van der Waals surface area (Å²) in [5.74, 6) is 1.64. The van der Waals surface area contributed by atoms with E-state index in [0.29, 0.717) is 19.8 Å². The second-order valence-electron chi connectivity index (χ2n) is 13.0. The van der Waals surface area contributed by atoms with E-state index < -0.39 is 6.10 Å². The highest BCUT2D eigenvalue weighted by Gasteiger charge is 2.35.